The lowest BCUT2D eigenvalue weighted by atomic mass is 9.95. The quantitative estimate of drug-likeness (QED) is 0.870. The number of hydrogen-bond donors (Lipinski definition) is 2. The van der Waals surface area contributed by atoms with Crippen LogP contribution in [0.2, 0.25) is 0 Å². The number of likely N-dealkylation sites (tertiary alicyclic amines) is 1. The Morgan fingerprint density at radius 3 is 2.95 bits per heavy atom. The molecule has 1 amide bonds. The molecule has 1 aliphatic heterocycles. The number of rotatable bonds is 5. The number of nitrogens with zero attached hydrogens (tertiary/aromatic N) is 1. The fraction of sp³-hybridized carbons (Fsp3) is 0.562. The van der Waals surface area contributed by atoms with Gasteiger partial charge in [-0.1, -0.05) is 12.1 Å². The van der Waals surface area contributed by atoms with Gasteiger partial charge in [-0.05, 0) is 38.4 Å². The van der Waals surface area contributed by atoms with E-state index in [0.29, 0.717) is 30.9 Å². The fourth-order valence-corrected chi connectivity index (χ4v) is 2.73. The third-order valence-electron chi connectivity index (χ3n) is 3.79. The zero-order valence-electron chi connectivity index (χ0n) is 12.8. The van der Waals surface area contributed by atoms with Crippen molar-refractivity contribution in [1.82, 2.24) is 4.90 Å². The van der Waals surface area contributed by atoms with E-state index in [1.807, 2.05) is 31.2 Å². The molecule has 1 aliphatic rings. The van der Waals surface area contributed by atoms with Gasteiger partial charge in [0.15, 0.2) is 0 Å². The van der Waals surface area contributed by atoms with Gasteiger partial charge in [0, 0.05) is 19.5 Å². The summed E-state index contributed by atoms with van der Waals surface area (Å²) in [6.45, 7) is 4.10. The number of ether oxygens (including phenoxy) is 1. The van der Waals surface area contributed by atoms with Crippen LogP contribution >= 0.6 is 0 Å². The molecule has 0 spiro atoms. The van der Waals surface area contributed by atoms with Crippen LogP contribution in [0.1, 0.15) is 26.2 Å². The van der Waals surface area contributed by atoms with Gasteiger partial charge in [-0.2, -0.15) is 0 Å². The second kappa shape index (κ2) is 6.91. The topological polar surface area (TPSA) is 61.8 Å². The van der Waals surface area contributed by atoms with Crippen LogP contribution in [0.15, 0.2) is 24.3 Å². The van der Waals surface area contributed by atoms with E-state index in [1.54, 1.807) is 7.11 Å². The predicted octanol–water partition coefficient (Wildman–Crippen LogP) is 1.87. The number of carbonyl (C=O) groups excluding carboxylic acids is 1. The highest BCUT2D eigenvalue weighted by Gasteiger charge is 2.28. The Morgan fingerprint density at radius 2 is 2.24 bits per heavy atom. The molecule has 5 nitrogen and oxygen atoms in total. The highest BCUT2D eigenvalue weighted by Crippen LogP contribution is 2.23. The van der Waals surface area contributed by atoms with Crippen LogP contribution in [-0.2, 0) is 4.79 Å². The molecule has 0 radical (unpaired) electrons. The summed E-state index contributed by atoms with van der Waals surface area (Å²) in [5, 5.41) is 12.9. The number of para-hydroxylation sites is 2. The van der Waals surface area contributed by atoms with Crippen LogP contribution in [-0.4, -0.2) is 48.3 Å². The number of benzene rings is 1. The van der Waals surface area contributed by atoms with Gasteiger partial charge in [-0.15, -0.1) is 0 Å². The van der Waals surface area contributed by atoms with Crippen molar-refractivity contribution in [2.45, 2.75) is 31.8 Å². The molecule has 1 heterocycles. The van der Waals surface area contributed by atoms with Crippen LogP contribution in [0.3, 0.4) is 0 Å². The predicted molar refractivity (Wildman–Crippen MR) is 82.5 cm³/mol. The van der Waals surface area contributed by atoms with Crippen molar-refractivity contribution in [1.29, 1.82) is 0 Å². The highest BCUT2D eigenvalue weighted by molar-refractivity contribution is 5.92. The van der Waals surface area contributed by atoms with Crippen LogP contribution < -0.4 is 10.1 Å². The Balaban J connectivity index is 1.82. The zero-order chi connectivity index (χ0) is 15.3. The van der Waals surface area contributed by atoms with Gasteiger partial charge < -0.3 is 15.2 Å². The Kier molecular flexibility index (Phi) is 5.20. The van der Waals surface area contributed by atoms with E-state index >= 15 is 0 Å². The molecule has 1 fully saturated rings. The van der Waals surface area contributed by atoms with E-state index in [1.165, 1.54) is 0 Å². The van der Waals surface area contributed by atoms with Crippen LogP contribution in [0.25, 0.3) is 0 Å². The minimum Gasteiger partial charge on any atom is -0.495 e. The molecule has 2 rings (SSSR count). The molecule has 1 saturated heterocycles. The monoisotopic (exact) mass is 292 g/mol. The molecule has 0 aliphatic carbocycles. The number of nitrogens with one attached hydrogen (secondary N) is 1. The molecule has 1 aromatic carbocycles. The molecule has 1 atom stereocenters. The minimum absolute atomic E-state index is 0.0373. The van der Waals surface area contributed by atoms with E-state index < -0.39 is 5.60 Å². The minimum atomic E-state index is -0.628. The number of aliphatic hydroxyl groups is 1. The first-order chi connectivity index (χ1) is 10.00. The first-order valence-corrected chi connectivity index (χ1v) is 7.38. The number of β-amino-alcohol motifs (C(OH)–C–C–N with tert-alkyl or cyclic N) is 1. The largest absolute Gasteiger partial charge is 0.495 e. The summed E-state index contributed by atoms with van der Waals surface area (Å²) < 4.78 is 5.21. The number of carbonyl (C=O) groups is 1. The third-order valence-corrected chi connectivity index (χ3v) is 3.79. The molecular formula is C16H24N2O3. The van der Waals surface area contributed by atoms with E-state index in [4.69, 9.17) is 4.74 Å². The molecule has 1 unspecified atom stereocenters. The lowest BCUT2D eigenvalue weighted by Crippen LogP contribution is -2.46. The molecule has 0 saturated carbocycles. The first kappa shape index (κ1) is 15.8. The Bertz CT molecular complexity index is 488. The lowest BCUT2D eigenvalue weighted by Gasteiger charge is -2.36. The number of piperidine rings is 1. The van der Waals surface area contributed by atoms with E-state index in [0.717, 1.165) is 19.4 Å². The van der Waals surface area contributed by atoms with Crippen molar-refractivity contribution >= 4 is 11.6 Å². The maximum absolute atomic E-state index is 12.0. The molecule has 116 valence electrons. The van der Waals surface area contributed by atoms with Crippen LogP contribution in [0.5, 0.6) is 5.75 Å². The van der Waals surface area contributed by atoms with Gasteiger partial charge in [0.2, 0.25) is 5.91 Å². The molecule has 0 aromatic heterocycles. The van der Waals surface area contributed by atoms with Crippen LogP contribution in [0, 0.1) is 0 Å². The molecule has 5 heteroatoms. The Hall–Kier alpha value is -1.59. The Labute approximate surface area is 125 Å². The smallest absolute Gasteiger partial charge is 0.225 e. The van der Waals surface area contributed by atoms with Crippen LogP contribution in [0.4, 0.5) is 5.69 Å². The van der Waals surface area contributed by atoms with Gasteiger partial charge in [0.25, 0.3) is 0 Å². The second-order valence-corrected chi connectivity index (χ2v) is 5.88. The summed E-state index contributed by atoms with van der Waals surface area (Å²) in [5.41, 5.74) is 0.0628. The average molecular weight is 292 g/mol. The van der Waals surface area contributed by atoms with Crippen molar-refractivity contribution in [3.8, 4) is 5.75 Å². The van der Waals surface area contributed by atoms with Crippen molar-refractivity contribution in [3.63, 3.8) is 0 Å². The summed E-state index contributed by atoms with van der Waals surface area (Å²) in [7, 11) is 1.58. The molecule has 0 bridgehead atoms. The first-order valence-electron chi connectivity index (χ1n) is 7.38. The highest BCUT2D eigenvalue weighted by atomic mass is 16.5. The normalized spacial score (nSPS) is 22.8. The molecule has 2 N–H and O–H groups in total. The second-order valence-electron chi connectivity index (χ2n) is 5.88. The van der Waals surface area contributed by atoms with Gasteiger partial charge in [-0.25, -0.2) is 0 Å². The number of amides is 1. The van der Waals surface area contributed by atoms with Gasteiger partial charge >= 0.3 is 0 Å². The Morgan fingerprint density at radius 1 is 1.48 bits per heavy atom. The van der Waals surface area contributed by atoms with Gasteiger partial charge in [-0.3, -0.25) is 9.69 Å². The molecule has 1 aromatic rings. The van der Waals surface area contributed by atoms with Gasteiger partial charge in [0.05, 0.1) is 18.4 Å². The van der Waals surface area contributed by atoms with Crippen molar-refractivity contribution < 1.29 is 14.6 Å². The third kappa shape index (κ3) is 4.72. The average Bonchev–Trinajstić information content (AvgIpc) is 2.45. The summed E-state index contributed by atoms with van der Waals surface area (Å²) in [6, 6.07) is 7.37. The number of hydrogen-bond acceptors (Lipinski definition) is 4. The number of anilines is 1. The summed E-state index contributed by atoms with van der Waals surface area (Å²) in [5.74, 6) is 0.622. The van der Waals surface area contributed by atoms with Gasteiger partial charge in [0.1, 0.15) is 5.75 Å². The zero-order valence-corrected chi connectivity index (χ0v) is 12.8. The number of methoxy groups -OCH3 is 1. The van der Waals surface area contributed by atoms with E-state index in [2.05, 4.69) is 10.2 Å². The lowest BCUT2D eigenvalue weighted by molar-refractivity contribution is -0.117. The summed E-state index contributed by atoms with van der Waals surface area (Å²) in [4.78, 5) is 14.2. The standard InChI is InChI=1S/C16H24N2O3/c1-16(20)9-5-10-18(12-16)11-8-15(19)17-13-6-3-4-7-14(13)21-2/h3-4,6-7,20H,5,8-12H2,1-2H3,(H,17,19). The fourth-order valence-electron chi connectivity index (χ4n) is 2.73. The SMILES string of the molecule is COc1ccccc1NC(=O)CCN1CCCC(C)(O)C1. The molecule has 21 heavy (non-hydrogen) atoms. The van der Waals surface area contributed by atoms with E-state index in [-0.39, 0.29) is 5.91 Å². The van der Waals surface area contributed by atoms with Crippen molar-refractivity contribution in [2.75, 3.05) is 32.1 Å². The maximum Gasteiger partial charge on any atom is 0.225 e. The van der Waals surface area contributed by atoms with Crippen molar-refractivity contribution in [3.05, 3.63) is 24.3 Å². The summed E-state index contributed by atoms with van der Waals surface area (Å²) in [6.07, 6.45) is 2.21. The van der Waals surface area contributed by atoms with E-state index in [9.17, 15) is 9.90 Å². The molecular weight excluding hydrogens is 268 g/mol. The van der Waals surface area contributed by atoms with Crippen molar-refractivity contribution in [2.24, 2.45) is 0 Å². The maximum atomic E-state index is 12.0. The summed E-state index contributed by atoms with van der Waals surface area (Å²) >= 11 is 0.